The fourth-order valence-corrected chi connectivity index (χ4v) is 2.84. The quantitative estimate of drug-likeness (QED) is 0.853. The number of carbonyl (C=O) groups is 1. The van der Waals surface area contributed by atoms with Crippen LogP contribution in [0.1, 0.15) is 27.6 Å². The molecule has 1 heterocycles. The highest BCUT2D eigenvalue weighted by Gasteiger charge is 2.19. The third kappa shape index (κ3) is 2.74. The normalized spacial score (nSPS) is 14.9. The Kier molecular flexibility index (Phi) is 3.60. The summed E-state index contributed by atoms with van der Waals surface area (Å²) in [4.78, 5) is 11.4. The molecule has 0 radical (unpaired) electrons. The number of rotatable bonds is 2. The first kappa shape index (κ1) is 14.0. The second-order valence-corrected chi connectivity index (χ2v) is 5.75. The molecular formula is C17H16ClNO2. The minimum Gasteiger partial charge on any atom is -0.482 e. The van der Waals surface area contributed by atoms with Crippen molar-refractivity contribution in [3.63, 3.8) is 0 Å². The van der Waals surface area contributed by atoms with Crippen molar-refractivity contribution in [3.8, 4) is 5.75 Å². The molecule has 0 saturated carbocycles. The van der Waals surface area contributed by atoms with E-state index in [2.05, 4.69) is 23.5 Å². The van der Waals surface area contributed by atoms with Crippen LogP contribution in [0.4, 0.5) is 5.69 Å². The zero-order valence-corrected chi connectivity index (χ0v) is 12.7. The molecule has 0 saturated heterocycles. The number of nitrogens with one attached hydrogen (secondary N) is 1. The number of benzene rings is 2. The zero-order valence-electron chi connectivity index (χ0n) is 11.9. The Labute approximate surface area is 128 Å². The number of alkyl halides is 1. The monoisotopic (exact) mass is 301 g/mol. The topological polar surface area (TPSA) is 38.3 Å². The van der Waals surface area contributed by atoms with Gasteiger partial charge in [-0.05, 0) is 42.7 Å². The third-order valence-electron chi connectivity index (χ3n) is 3.64. The van der Waals surface area contributed by atoms with Crippen molar-refractivity contribution >= 4 is 23.2 Å². The third-order valence-corrected chi connectivity index (χ3v) is 4.12. The molecule has 0 aromatic heterocycles. The van der Waals surface area contributed by atoms with Crippen molar-refractivity contribution in [2.45, 2.75) is 19.2 Å². The standard InChI is InChI=1S/C17H16ClNO2/c1-10-3-4-11(2)13(7-10)17(18)12-5-6-15-14(8-12)19-16(20)9-21-15/h3-8,17H,9H2,1-2H3,(H,19,20). The number of hydrogen-bond acceptors (Lipinski definition) is 2. The smallest absolute Gasteiger partial charge is 0.262 e. The van der Waals surface area contributed by atoms with Crippen molar-refractivity contribution in [2.75, 3.05) is 11.9 Å². The second kappa shape index (κ2) is 5.41. The predicted octanol–water partition coefficient (Wildman–Crippen LogP) is 3.96. The Morgan fingerprint density at radius 2 is 2.00 bits per heavy atom. The summed E-state index contributed by atoms with van der Waals surface area (Å²) in [6.45, 7) is 4.16. The highest BCUT2D eigenvalue weighted by molar-refractivity contribution is 6.22. The lowest BCUT2D eigenvalue weighted by molar-refractivity contribution is -0.118. The van der Waals surface area contributed by atoms with Crippen LogP contribution in [0.15, 0.2) is 36.4 Å². The maximum absolute atomic E-state index is 11.4. The van der Waals surface area contributed by atoms with E-state index in [4.69, 9.17) is 16.3 Å². The fourth-order valence-electron chi connectivity index (χ4n) is 2.47. The van der Waals surface area contributed by atoms with Gasteiger partial charge in [-0.3, -0.25) is 4.79 Å². The molecule has 1 amide bonds. The first-order valence-electron chi connectivity index (χ1n) is 6.82. The fraction of sp³-hybridized carbons (Fsp3) is 0.235. The number of aryl methyl sites for hydroxylation is 2. The van der Waals surface area contributed by atoms with E-state index in [0.717, 1.165) is 16.7 Å². The van der Waals surface area contributed by atoms with Gasteiger partial charge >= 0.3 is 0 Å². The highest BCUT2D eigenvalue weighted by atomic mass is 35.5. The summed E-state index contributed by atoms with van der Waals surface area (Å²) in [5.41, 5.74) is 5.03. The van der Waals surface area contributed by atoms with Gasteiger partial charge in [-0.1, -0.05) is 29.8 Å². The zero-order chi connectivity index (χ0) is 15.0. The van der Waals surface area contributed by atoms with Crippen LogP contribution in [0.25, 0.3) is 0 Å². The van der Waals surface area contributed by atoms with Crippen LogP contribution in [0.5, 0.6) is 5.75 Å². The molecule has 2 aromatic carbocycles. The van der Waals surface area contributed by atoms with Gasteiger partial charge in [0.1, 0.15) is 5.75 Å². The summed E-state index contributed by atoms with van der Waals surface area (Å²) < 4.78 is 5.36. The number of anilines is 1. The van der Waals surface area contributed by atoms with Gasteiger partial charge in [-0.25, -0.2) is 0 Å². The second-order valence-electron chi connectivity index (χ2n) is 5.32. The highest BCUT2D eigenvalue weighted by Crippen LogP contribution is 2.36. The van der Waals surface area contributed by atoms with E-state index in [1.807, 2.05) is 32.0 Å². The van der Waals surface area contributed by atoms with Crippen molar-refractivity contribution in [2.24, 2.45) is 0 Å². The van der Waals surface area contributed by atoms with E-state index < -0.39 is 0 Å². The average molecular weight is 302 g/mol. The van der Waals surface area contributed by atoms with Crippen LogP contribution in [0.2, 0.25) is 0 Å². The molecule has 2 aromatic rings. The van der Waals surface area contributed by atoms with Crippen molar-refractivity contribution < 1.29 is 9.53 Å². The first-order chi connectivity index (χ1) is 10.0. The number of hydrogen-bond donors (Lipinski definition) is 1. The summed E-state index contributed by atoms with van der Waals surface area (Å²) in [6.07, 6.45) is 0. The molecule has 4 heteroatoms. The Morgan fingerprint density at radius 3 is 2.81 bits per heavy atom. The van der Waals surface area contributed by atoms with E-state index in [9.17, 15) is 4.79 Å². The van der Waals surface area contributed by atoms with Gasteiger partial charge in [0, 0.05) is 0 Å². The maximum atomic E-state index is 11.4. The summed E-state index contributed by atoms with van der Waals surface area (Å²) in [5.74, 6) is 0.542. The molecule has 1 aliphatic heterocycles. The van der Waals surface area contributed by atoms with Gasteiger partial charge in [-0.2, -0.15) is 0 Å². The number of carbonyl (C=O) groups excluding carboxylic acids is 1. The van der Waals surface area contributed by atoms with Crippen molar-refractivity contribution in [1.29, 1.82) is 0 Å². The molecule has 0 bridgehead atoms. The van der Waals surface area contributed by atoms with Gasteiger partial charge in [0.25, 0.3) is 5.91 Å². The Balaban J connectivity index is 1.98. The van der Waals surface area contributed by atoms with Crippen LogP contribution >= 0.6 is 11.6 Å². The first-order valence-corrected chi connectivity index (χ1v) is 7.26. The molecule has 3 nitrogen and oxygen atoms in total. The van der Waals surface area contributed by atoms with Crippen LogP contribution in [-0.2, 0) is 4.79 Å². The largest absolute Gasteiger partial charge is 0.482 e. The lowest BCUT2D eigenvalue weighted by atomic mass is 9.97. The molecular weight excluding hydrogens is 286 g/mol. The molecule has 0 spiro atoms. The van der Waals surface area contributed by atoms with Crippen LogP contribution in [-0.4, -0.2) is 12.5 Å². The van der Waals surface area contributed by atoms with Crippen molar-refractivity contribution in [3.05, 3.63) is 58.7 Å². The number of halogens is 1. The van der Waals surface area contributed by atoms with Gasteiger partial charge in [0.15, 0.2) is 6.61 Å². The summed E-state index contributed by atoms with van der Waals surface area (Å²) in [6, 6.07) is 11.9. The van der Waals surface area contributed by atoms with Crippen LogP contribution in [0, 0.1) is 13.8 Å². The Bertz CT molecular complexity index is 712. The minimum absolute atomic E-state index is 0.0631. The Morgan fingerprint density at radius 1 is 1.19 bits per heavy atom. The van der Waals surface area contributed by atoms with E-state index in [1.165, 1.54) is 5.56 Å². The van der Waals surface area contributed by atoms with E-state index in [1.54, 1.807) is 0 Å². The van der Waals surface area contributed by atoms with Crippen LogP contribution < -0.4 is 10.1 Å². The molecule has 108 valence electrons. The number of ether oxygens (including phenoxy) is 1. The van der Waals surface area contributed by atoms with Gasteiger partial charge < -0.3 is 10.1 Å². The molecule has 1 atom stereocenters. The van der Waals surface area contributed by atoms with E-state index >= 15 is 0 Å². The number of amides is 1. The van der Waals surface area contributed by atoms with E-state index in [-0.39, 0.29) is 17.9 Å². The Hall–Kier alpha value is -2.00. The minimum atomic E-state index is -0.256. The molecule has 21 heavy (non-hydrogen) atoms. The van der Waals surface area contributed by atoms with Gasteiger partial charge in [0.05, 0.1) is 11.1 Å². The van der Waals surface area contributed by atoms with Crippen molar-refractivity contribution in [1.82, 2.24) is 0 Å². The predicted molar refractivity (Wildman–Crippen MR) is 84.2 cm³/mol. The summed E-state index contributed by atoms with van der Waals surface area (Å²) in [5, 5.41) is 2.55. The molecule has 0 aliphatic carbocycles. The molecule has 1 N–H and O–H groups in total. The lowest BCUT2D eigenvalue weighted by Gasteiger charge is -2.20. The van der Waals surface area contributed by atoms with Crippen LogP contribution in [0.3, 0.4) is 0 Å². The van der Waals surface area contributed by atoms with Gasteiger partial charge in [0.2, 0.25) is 0 Å². The summed E-state index contributed by atoms with van der Waals surface area (Å²) in [7, 11) is 0. The molecule has 1 aliphatic rings. The number of fused-ring (bicyclic) bond motifs is 1. The SMILES string of the molecule is Cc1ccc(C)c(C(Cl)c2ccc3c(c2)NC(=O)CO3)c1. The average Bonchev–Trinajstić information content (AvgIpc) is 2.48. The lowest BCUT2D eigenvalue weighted by Crippen LogP contribution is -2.25. The molecule has 1 unspecified atom stereocenters. The molecule has 0 fully saturated rings. The van der Waals surface area contributed by atoms with E-state index in [0.29, 0.717) is 11.4 Å². The van der Waals surface area contributed by atoms with Gasteiger partial charge in [-0.15, -0.1) is 11.6 Å². The maximum Gasteiger partial charge on any atom is 0.262 e. The molecule has 3 rings (SSSR count). The summed E-state index contributed by atoms with van der Waals surface area (Å²) >= 11 is 6.63.